The Labute approximate surface area is 151 Å². The summed E-state index contributed by atoms with van der Waals surface area (Å²) in [5.41, 5.74) is 2.04. The summed E-state index contributed by atoms with van der Waals surface area (Å²) < 4.78 is 5.91. The maximum absolute atomic E-state index is 9.30. The molecular weight excluding hydrogens is 316 g/mol. The third kappa shape index (κ3) is 8.12. The van der Waals surface area contributed by atoms with Gasteiger partial charge in [-0.1, -0.05) is 19.8 Å². The zero-order valence-corrected chi connectivity index (χ0v) is 16.2. The van der Waals surface area contributed by atoms with Crippen LogP contribution in [0.4, 0.5) is 5.82 Å². The van der Waals surface area contributed by atoms with Crippen molar-refractivity contribution in [1.29, 1.82) is 0 Å². The highest BCUT2D eigenvalue weighted by Crippen LogP contribution is 2.24. The summed E-state index contributed by atoms with van der Waals surface area (Å²) in [7, 11) is 1.77. The topological polar surface area (TPSA) is 79.6 Å². The molecule has 0 aliphatic heterocycles. The molecule has 1 unspecified atom stereocenters. The fourth-order valence-corrected chi connectivity index (χ4v) is 2.41. The van der Waals surface area contributed by atoms with Gasteiger partial charge in [-0.25, -0.2) is 9.97 Å². The van der Waals surface area contributed by atoms with Gasteiger partial charge >= 0.3 is 0 Å². The molecule has 0 aliphatic rings. The van der Waals surface area contributed by atoms with E-state index < -0.39 is 0 Å². The number of hydrogen-bond acceptors (Lipinski definition) is 6. The molecule has 0 saturated carbocycles. The summed E-state index contributed by atoms with van der Waals surface area (Å²) in [5.74, 6) is 2.01. The molecule has 6 heteroatoms. The van der Waals surface area contributed by atoms with Gasteiger partial charge in [-0.05, 0) is 45.3 Å². The highest BCUT2D eigenvalue weighted by atomic mass is 16.5. The molecule has 0 radical (unpaired) electrons. The molecule has 1 aromatic rings. The highest BCUT2D eigenvalue weighted by Gasteiger charge is 2.13. The quantitative estimate of drug-likeness (QED) is 0.598. The van der Waals surface area contributed by atoms with Gasteiger partial charge < -0.3 is 15.2 Å². The number of ether oxygens (including phenoxy) is 1. The van der Waals surface area contributed by atoms with E-state index >= 15 is 0 Å². The number of aliphatic hydroxyl groups excluding tert-OH is 1. The molecule has 0 saturated heterocycles. The molecule has 0 bridgehead atoms. The van der Waals surface area contributed by atoms with Crippen molar-refractivity contribution in [2.45, 2.75) is 59.4 Å². The van der Waals surface area contributed by atoms with Crippen LogP contribution in [-0.4, -0.2) is 47.1 Å². The van der Waals surface area contributed by atoms with Crippen LogP contribution in [0.1, 0.15) is 52.3 Å². The largest absolute Gasteiger partial charge is 0.484 e. The van der Waals surface area contributed by atoms with Crippen LogP contribution in [0, 0.1) is 6.92 Å². The molecule has 1 heterocycles. The summed E-state index contributed by atoms with van der Waals surface area (Å²) in [6.07, 6.45) is 7.61. The average Bonchev–Trinajstić information content (AvgIpc) is 2.59. The second-order valence-electron chi connectivity index (χ2n) is 6.27. The molecule has 0 aromatic carbocycles. The summed E-state index contributed by atoms with van der Waals surface area (Å²) in [6.45, 7) is 8.59. The molecule has 0 spiro atoms. The molecule has 0 aliphatic carbocycles. The minimum absolute atomic E-state index is 0.152. The summed E-state index contributed by atoms with van der Waals surface area (Å²) in [5, 5.41) is 12.7. The molecule has 1 aromatic heterocycles. The highest BCUT2D eigenvalue weighted by molar-refractivity contribution is 5.93. The van der Waals surface area contributed by atoms with Crippen molar-refractivity contribution in [1.82, 2.24) is 9.97 Å². The van der Waals surface area contributed by atoms with Crippen LogP contribution in [0.5, 0.6) is 5.75 Å². The van der Waals surface area contributed by atoms with Crippen LogP contribution < -0.4 is 10.1 Å². The van der Waals surface area contributed by atoms with Crippen molar-refractivity contribution in [3.8, 4) is 5.75 Å². The minimum atomic E-state index is 0.152. The number of anilines is 1. The molecular formula is C19H32N4O2. The van der Waals surface area contributed by atoms with E-state index in [1.165, 1.54) is 0 Å². The number of rotatable bonds is 11. The van der Waals surface area contributed by atoms with E-state index in [-0.39, 0.29) is 12.6 Å². The van der Waals surface area contributed by atoms with Crippen molar-refractivity contribution >= 4 is 11.5 Å². The normalized spacial score (nSPS) is 13.7. The first-order chi connectivity index (χ1) is 12.0. The van der Waals surface area contributed by atoms with E-state index in [4.69, 9.17) is 4.74 Å². The minimum Gasteiger partial charge on any atom is -0.484 e. The second-order valence-corrected chi connectivity index (χ2v) is 6.27. The number of unbranched alkanes of at least 4 members (excludes halogenated alkanes) is 1. The number of aromatic nitrogens is 2. The number of aryl methyl sites for hydroxylation is 1. The number of hydrogen-bond donors (Lipinski definition) is 2. The van der Waals surface area contributed by atoms with Crippen molar-refractivity contribution in [2.75, 3.05) is 25.6 Å². The van der Waals surface area contributed by atoms with Crippen molar-refractivity contribution in [2.24, 2.45) is 4.99 Å². The zero-order valence-electron chi connectivity index (χ0n) is 16.2. The molecule has 25 heavy (non-hydrogen) atoms. The molecule has 0 fully saturated rings. The lowest BCUT2D eigenvalue weighted by Crippen LogP contribution is -2.22. The predicted molar refractivity (Wildman–Crippen MR) is 104 cm³/mol. The van der Waals surface area contributed by atoms with Crippen molar-refractivity contribution < 1.29 is 9.84 Å². The maximum atomic E-state index is 9.30. The maximum Gasteiger partial charge on any atom is 0.180 e. The SMILES string of the molecule is CCCCC(CCO)Nc1nc(C)ncc1OC/C(C)=C/C(C)=NC. The Bertz CT molecular complexity index is 585. The Morgan fingerprint density at radius 3 is 2.80 bits per heavy atom. The van der Waals surface area contributed by atoms with E-state index in [0.717, 1.165) is 30.5 Å². The summed E-state index contributed by atoms with van der Waals surface area (Å²) in [6, 6.07) is 0.174. The van der Waals surface area contributed by atoms with Crippen molar-refractivity contribution in [3.05, 3.63) is 23.7 Å². The van der Waals surface area contributed by atoms with Crippen LogP contribution in [-0.2, 0) is 0 Å². The number of aliphatic imine (C=N–C) groups is 1. The smallest absolute Gasteiger partial charge is 0.180 e. The molecule has 0 amide bonds. The standard InChI is InChI=1S/C19H32N4O2/c1-6-7-8-17(9-10-24)23-19-18(12-21-16(4)22-19)25-13-14(2)11-15(3)20-5/h11-12,17,24H,6-10,13H2,1-5H3,(H,21,22,23)/b14-11+,20-15?. The Morgan fingerprint density at radius 2 is 2.16 bits per heavy atom. The van der Waals surface area contributed by atoms with Crippen LogP contribution in [0.25, 0.3) is 0 Å². The Balaban J connectivity index is 2.85. The van der Waals surface area contributed by atoms with E-state index in [0.29, 0.717) is 30.4 Å². The van der Waals surface area contributed by atoms with Crippen LogP contribution in [0.2, 0.25) is 0 Å². The second kappa shape index (κ2) is 11.6. The van der Waals surface area contributed by atoms with Gasteiger partial charge in [-0.3, -0.25) is 4.99 Å². The molecule has 6 nitrogen and oxygen atoms in total. The fourth-order valence-electron chi connectivity index (χ4n) is 2.41. The first-order valence-corrected chi connectivity index (χ1v) is 8.94. The number of allylic oxidation sites excluding steroid dienone is 1. The molecule has 1 rings (SSSR count). The third-order valence-corrected chi connectivity index (χ3v) is 3.86. The van der Waals surface area contributed by atoms with Crippen LogP contribution in [0.15, 0.2) is 22.8 Å². The third-order valence-electron chi connectivity index (χ3n) is 3.86. The number of nitrogens with one attached hydrogen (secondary N) is 1. The van der Waals surface area contributed by atoms with Gasteiger partial charge in [0.05, 0.1) is 6.20 Å². The first-order valence-electron chi connectivity index (χ1n) is 8.94. The Hall–Kier alpha value is -1.95. The van der Waals surface area contributed by atoms with E-state index in [1.807, 2.05) is 26.8 Å². The van der Waals surface area contributed by atoms with Gasteiger partial charge in [0, 0.05) is 25.4 Å². The van der Waals surface area contributed by atoms with Gasteiger partial charge in [0.15, 0.2) is 11.6 Å². The van der Waals surface area contributed by atoms with Gasteiger partial charge in [-0.15, -0.1) is 0 Å². The van der Waals surface area contributed by atoms with Gasteiger partial charge in [-0.2, -0.15) is 0 Å². The van der Waals surface area contributed by atoms with Crippen LogP contribution in [0.3, 0.4) is 0 Å². The monoisotopic (exact) mass is 348 g/mol. The molecule has 2 N–H and O–H groups in total. The summed E-state index contributed by atoms with van der Waals surface area (Å²) >= 11 is 0. The first kappa shape index (κ1) is 21.1. The van der Waals surface area contributed by atoms with Gasteiger partial charge in [0.1, 0.15) is 12.4 Å². The van der Waals surface area contributed by atoms with E-state index in [9.17, 15) is 5.11 Å². The predicted octanol–water partition coefficient (Wildman–Crippen LogP) is 3.55. The summed E-state index contributed by atoms with van der Waals surface area (Å²) in [4.78, 5) is 12.9. The number of aliphatic hydroxyl groups is 1. The Morgan fingerprint density at radius 1 is 1.40 bits per heavy atom. The lowest BCUT2D eigenvalue weighted by Gasteiger charge is -2.20. The lowest BCUT2D eigenvalue weighted by atomic mass is 10.1. The lowest BCUT2D eigenvalue weighted by molar-refractivity contribution is 0.275. The van der Waals surface area contributed by atoms with E-state index in [2.05, 4.69) is 27.2 Å². The van der Waals surface area contributed by atoms with Gasteiger partial charge in [0.25, 0.3) is 0 Å². The van der Waals surface area contributed by atoms with Gasteiger partial charge in [0.2, 0.25) is 0 Å². The van der Waals surface area contributed by atoms with Crippen molar-refractivity contribution in [3.63, 3.8) is 0 Å². The fraction of sp³-hybridized carbons (Fsp3) is 0.632. The average molecular weight is 348 g/mol. The number of nitrogens with zero attached hydrogens (tertiary/aromatic N) is 3. The van der Waals surface area contributed by atoms with Crippen LogP contribution >= 0.6 is 0 Å². The Kier molecular flexibility index (Phi) is 9.77. The van der Waals surface area contributed by atoms with E-state index in [1.54, 1.807) is 13.2 Å². The molecule has 1 atom stereocenters. The zero-order chi connectivity index (χ0) is 18.7. The molecule has 140 valence electrons.